The first-order valence-electron chi connectivity index (χ1n) is 7.53. The standard InChI is InChI=1S/C20H16N2O2/c1-23-18-11-9-16(10-12-18)20(13-21)22-24-14-17-7-4-6-15-5-2-3-8-19(15)17/h2-12H,14H2,1H3/b22-20-. The molecule has 4 nitrogen and oxygen atoms in total. The number of ether oxygens (including phenoxy) is 1. The van der Waals surface area contributed by atoms with Crippen molar-refractivity contribution in [3.05, 3.63) is 77.9 Å². The molecule has 0 unspecified atom stereocenters. The van der Waals surface area contributed by atoms with E-state index in [4.69, 9.17) is 9.57 Å². The third kappa shape index (κ3) is 3.36. The van der Waals surface area contributed by atoms with Gasteiger partial charge in [0.2, 0.25) is 0 Å². The van der Waals surface area contributed by atoms with Gasteiger partial charge < -0.3 is 9.57 Å². The summed E-state index contributed by atoms with van der Waals surface area (Å²) < 4.78 is 5.11. The van der Waals surface area contributed by atoms with Crippen LogP contribution in [0.5, 0.6) is 5.75 Å². The zero-order valence-electron chi connectivity index (χ0n) is 13.3. The molecule has 0 aliphatic rings. The van der Waals surface area contributed by atoms with Crippen molar-refractivity contribution < 1.29 is 9.57 Å². The van der Waals surface area contributed by atoms with Crippen LogP contribution >= 0.6 is 0 Å². The number of hydrogen-bond acceptors (Lipinski definition) is 4. The van der Waals surface area contributed by atoms with Gasteiger partial charge in [-0.15, -0.1) is 0 Å². The van der Waals surface area contributed by atoms with Gasteiger partial charge in [0.15, 0.2) is 5.71 Å². The van der Waals surface area contributed by atoms with Gasteiger partial charge in [-0.25, -0.2) is 0 Å². The highest BCUT2D eigenvalue weighted by Gasteiger charge is 2.05. The number of methoxy groups -OCH3 is 1. The van der Waals surface area contributed by atoms with E-state index in [9.17, 15) is 5.26 Å². The average Bonchev–Trinajstić information content (AvgIpc) is 2.65. The van der Waals surface area contributed by atoms with Crippen molar-refractivity contribution in [2.75, 3.05) is 7.11 Å². The number of nitriles is 1. The summed E-state index contributed by atoms with van der Waals surface area (Å²) in [4.78, 5) is 5.43. The second kappa shape index (κ2) is 7.30. The molecule has 4 heteroatoms. The summed E-state index contributed by atoms with van der Waals surface area (Å²) in [6.45, 7) is 0.308. The second-order valence-electron chi connectivity index (χ2n) is 5.19. The molecular formula is C20H16N2O2. The Hall–Kier alpha value is -3.32. The number of rotatable bonds is 5. The topological polar surface area (TPSA) is 54.6 Å². The zero-order valence-corrected chi connectivity index (χ0v) is 13.3. The number of hydrogen-bond donors (Lipinski definition) is 0. The lowest BCUT2D eigenvalue weighted by atomic mass is 10.1. The van der Waals surface area contributed by atoms with Crippen molar-refractivity contribution in [2.24, 2.45) is 5.16 Å². The highest BCUT2D eigenvalue weighted by molar-refractivity contribution is 6.11. The summed E-state index contributed by atoms with van der Waals surface area (Å²) in [7, 11) is 1.60. The minimum Gasteiger partial charge on any atom is -0.497 e. The minimum absolute atomic E-state index is 0.234. The fraction of sp³-hybridized carbons (Fsp3) is 0.100. The molecule has 0 aliphatic carbocycles. The molecule has 0 fully saturated rings. The van der Waals surface area contributed by atoms with Crippen LogP contribution in [-0.4, -0.2) is 12.8 Å². The molecule has 3 rings (SSSR count). The molecule has 0 spiro atoms. The molecule has 0 saturated heterocycles. The van der Waals surface area contributed by atoms with E-state index in [2.05, 4.69) is 23.4 Å². The Bertz CT molecular complexity index is 904. The number of nitrogens with zero attached hydrogens (tertiary/aromatic N) is 2. The number of oxime groups is 1. The van der Waals surface area contributed by atoms with Crippen LogP contribution < -0.4 is 4.74 Å². The van der Waals surface area contributed by atoms with E-state index in [-0.39, 0.29) is 5.71 Å². The Kier molecular flexibility index (Phi) is 4.73. The Balaban J connectivity index is 1.77. The van der Waals surface area contributed by atoms with Crippen LogP contribution in [0.1, 0.15) is 11.1 Å². The molecule has 0 N–H and O–H groups in total. The fourth-order valence-corrected chi connectivity index (χ4v) is 2.47. The van der Waals surface area contributed by atoms with E-state index in [1.54, 1.807) is 31.4 Å². The van der Waals surface area contributed by atoms with E-state index < -0.39 is 0 Å². The molecule has 3 aromatic rings. The summed E-state index contributed by atoms with van der Waals surface area (Å²) in [6.07, 6.45) is 0. The molecule has 0 aliphatic heterocycles. The summed E-state index contributed by atoms with van der Waals surface area (Å²) in [6, 6.07) is 23.3. The van der Waals surface area contributed by atoms with E-state index in [0.29, 0.717) is 12.2 Å². The molecule has 0 bridgehead atoms. The van der Waals surface area contributed by atoms with E-state index in [1.807, 2.05) is 30.3 Å². The molecule has 0 atom stereocenters. The average molecular weight is 316 g/mol. The van der Waals surface area contributed by atoms with E-state index in [0.717, 1.165) is 22.1 Å². The largest absolute Gasteiger partial charge is 0.497 e. The van der Waals surface area contributed by atoms with E-state index >= 15 is 0 Å². The molecule has 118 valence electrons. The lowest BCUT2D eigenvalue weighted by molar-refractivity contribution is 0.132. The zero-order chi connectivity index (χ0) is 16.8. The quantitative estimate of drug-likeness (QED) is 0.521. The SMILES string of the molecule is COc1ccc(/C(C#N)=N\OCc2cccc3ccccc23)cc1. The second-order valence-corrected chi connectivity index (χ2v) is 5.19. The summed E-state index contributed by atoms with van der Waals surface area (Å²) in [5.41, 5.74) is 1.96. The van der Waals surface area contributed by atoms with Crippen molar-refractivity contribution in [3.63, 3.8) is 0 Å². The summed E-state index contributed by atoms with van der Waals surface area (Å²) in [5.74, 6) is 0.729. The molecule has 0 saturated carbocycles. The molecular weight excluding hydrogens is 300 g/mol. The normalized spacial score (nSPS) is 11.1. The van der Waals surface area contributed by atoms with Crippen molar-refractivity contribution in [1.29, 1.82) is 5.26 Å². The third-order valence-electron chi connectivity index (χ3n) is 3.73. The van der Waals surface area contributed by atoms with Crippen LogP contribution in [0.25, 0.3) is 10.8 Å². The monoisotopic (exact) mass is 316 g/mol. The van der Waals surface area contributed by atoms with Gasteiger partial charge in [0.25, 0.3) is 0 Å². The highest BCUT2D eigenvalue weighted by atomic mass is 16.6. The number of fused-ring (bicyclic) bond motifs is 1. The first-order valence-corrected chi connectivity index (χ1v) is 7.53. The van der Waals surface area contributed by atoms with Crippen molar-refractivity contribution >= 4 is 16.5 Å². The van der Waals surface area contributed by atoms with Gasteiger partial charge in [-0.2, -0.15) is 5.26 Å². The van der Waals surface area contributed by atoms with Crippen LogP contribution in [-0.2, 0) is 11.4 Å². The minimum atomic E-state index is 0.234. The summed E-state index contributed by atoms with van der Waals surface area (Å²) >= 11 is 0. The first-order chi connectivity index (χ1) is 11.8. The maximum Gasteiger partial charge on any atom is 0.186 e. The van der Waals surface area contributed by atoms with Crippen LogP contribution in [0.15, 0.2) is 71.9 Å². The Morgan fingerprint density at radius 1 is 1.00 bits per heavy atom. The maximum atomic E-state index is 9.28. The van der Waals surface area contributed by atoms with Crippen LogP contribution in [0.2, 0.25) is 0 Å². The van der Waals surface area contributed by atoms with Crippen molar-refractivity contribution in [1.82, 2.24) is 0 Å². The molecule has 0 aromatic heterocycles. The predicted octanol–water partition coefficient (Wildman–Crippen LogP) is 4.29. The summed E-state index contributed by atoms with van der Waals surface area (Å²) in [5, 5.41) is 15.5. The lowest BCUT2D eigenvalue weighted by Crippen LogP contribution is -1.99. The maximum absolute atomic E-state index is 9.28. The Morgan fingerprint density at radius 3 is 2.50 bits per heavy atom. The van der Waals surface area contributed by atoms with Crippen molar-refractivity contribution in [3.8, 4) is 11.8 Å². The van der Waals surface area contributed by atoms with Crippen LogP contribution in [0.4, 0.5) is 0 Å². The van der Waals surface area contributed by atoms with Gasteiger partial charge in [-0.3, -0.25) is 0 Å². The fourth-order valence-electron chi connectivity index (χ4n) is 2.47. The van der Waals surface area contributed by atoms with Crippen molar-refractivity contribution in [2.45, 2.75) is 6.61 Å². The van der Waals surface area contributed by atoms with Crippen LogP contribution in [0.3, 0.4) is 0 Å². The van der Waals surface area contributed by atoms with Crippen LogP contribution in [0, 0.1) is 11.3 Å². The predicted molar refractivity (Wildman–Crippen MR) is 93.9 cm³/mol. The Labute approximate surface area is 140 Å². The smallest absolute Gasteiger partial charge is 0.186 e. The molecule has 0 radical (unpaired) electrons. The van der Waals surface area contributed by atoms with Gasteiger partial charge in [0.05, 0.1) is 7.11 Å². The lowest BCUT2D eigenvalue weighted by Gasteiger charge is -2.06. The first kappa shape index (κ1) is 15.6. The molecule has 0 heterocycles. The number of benzene rings is 3. The van der Waals surface area contributed by atoms with Gasteiger partial charge in [0, 0.05) is 5.56 Å². The molecule has 0 amide bonds. The van der Waals surface area contributed by atoms with Gasteiger partial charge in [-0.1, -0.05) is 47.6 Å². The molecule has 3 aromatic carbocycles. The third-order valence-corrected chi connectivity index (χ3v) is 3.73. The van der Waals surface area contributed by atoms with E-state index in [1.165, 1.54) is 0 Å². The van der Waals surface area contributed by atoms with Gasteiger partial charge in [0.1, 0.15) is 18.4 Å². The Morgan fingerprint density at radius 2 is 1.75 bits per heavy atom. The highest BCUT2D eigenvalue weighted by Crippen LogP contribution is 2.19. The molecule has 24 heavy (non-hydrogen) atoms. The van der Waals surface area contributed by atoms with Gasteiger partial charge in [-0.05, 0) is 40.6 Å². The van der Waals surface area contributed by atoms with Gasteiger partial charge >= 0.3 is 0 Å².